The van der Waals surface area contributed by atoms with Gasteiger partial charge in [0.15, 0.2) is 6.67 Å². The van der Waals surface area contributed by atoms with Crippen LogP contribution in [0.5, 0.6) is 5.75 Å². The van der Waals surface area contributed by atoms with E-state index in [1.54, 1.807) is 0 Å². The second-order valence-corrected chi connectivity index (χ2v) is 7.91. The van der Waals surface area contributed by atoms with Crippen LogP contribution in [0.4, 0.5) is 13.2 Å². The predicted molar refractivity (Wildman–Crippen MR) is 112 cm³/mol. The number of piperidine rings is 1. The van der Waals surface area contributed by atoms with E-state index < -0.39 is 48.4 Å². The van der Waals surface area contributed by atoms with Crippen LogP contribution in [-0.4, -0.2) is 53.3 Å². The first-order chi connectivity index (χ1) is 16.6. The number of hydrogen-bond acceptors (Lipinski definition) is 6. The Morgan fingerprint density at radius 1 is 1.06 bits per heavy atom. The summed E-state index contributed by atoms with van der Waals surface area (Å²) in [5.41, 5.74) is 0.792. The van der Waals surface area contributed by atoms with E-state index in [9.17, 15) is 37.1 Å². The third-order valence-electron chi connectivity index (χ3n) is 5.50. The standard InChI is InChI=1S/C23H18F3N3O6/c24-11-23(25,26)35-14-4-2-13(3-5-14)19(31)27-10-12-1-6-15-16(9-12)22(34)29(21(15)33)17-7-8-18(30)28-20(17)32/h1-6,9,17H,7-8,10-11H2,(H,27,31)(H,28,30,32). The number of halogens is 3. The highest BCUT2D eigenvalue weighted by Crippen LogP contribution is 2.28. The summed E-state index contributed by atoms with van der Waals surface area (Å²) in [6.45, 7) is -2.01. The Labute approximate surface area is 196 Å². The zero-order chi connectivity index (χ0) is 25.3. The van der Waals surface area contributed by atoms with Crippen molar-refractivity contribution in [1.82, 2.24) is 15.5 Å². The normalized spacial score (nSPS) is 17.8. The molecule has 2 aliphatic rings. The van der Waals surface area contributed by atoms with Crippen LogP contribution in [-0.2, 0) is 16.1 Å². The molecule has 182 valence electrons. The molecule has 2 aromatic carbocycles. The van der Waals surface area contributed by atoms with Crippen molar-refractivity contribution in [3.8, 4) is 5.75 Å². The Morgan fingerprint density at radius 2 is 1.74 bits per heavy atom. The van der Waals surface area contributed by atoms with E-state index in [2.05, 4.69) is 15.4 Å². The van der Waals surface area contributed by atoms with Gasteiger partial charge >= 0.3 is 6.11 Å². The van der Waals surface area contributed by atoms with Crippen LogP contribution in [0.2, 0.25) is 0 Å². The van der Waals surface area contributed by atoms with Crippen LogP contribution in [0, 0.1) is 0 Å². The highest BCUT2D eigenvalue weighted by molar-refractivity contribution is 6.23. The van der Waals surface area contributed by atoms with Crippen molar-refractivity contribution in [1.29, 1.82) is 0 Å². The number of benzene rings is 2. The minimum atomic E-state index is -3.97. The van der Waals surface area contributed by atoms with E-state index in [4.69, 9.17) is 0 Å². The van der Waals surface area contributed by atoms with Gasteiger partial charge < -0.3 is 10.1 Å². The Balaban J connectivity index is 1.41. The molecular weight excluding hydrogens is 471 g/mol. The third kappa shape index (κ3) is 4.86. The summed E-state index contributed by atoms with van der Waals surface area (Å²) >= 11 is 0. The van der Waals surface area contributed by atoms with Crippen LogP contribution in [0.1, 0.15) is 49.5 Å². The second-order valence-electron chi connectivity index (χ2n) is 7.91. The van der Waals surface area contributed by atoms with Gasteiger partial charge in [0.05, 0.1) is 11.1 Å². The van der Waals surface area contributed by atoms with Crippen molar-refractivity contribution < 1.29 is 41.9 Å². The molecule has 5 amide bonds. The molecule has 0 aliphatic carbocycles. The lowest BCUT2D eigenvalue weighted by atomic mass is 10.0. The van der Waals surface area contributed by atoms with Gasteiger partial charge in [-0.1, -0.05) is 6.07 Å². The number of imide groups is 2. The number of amides is 5. The highest BCUT2D eigenvalue weighted by atomic mass is 19.3. The maximum Gasteiger partial charge on any atom is 0.427 e. The monoisotopic (exact) mass is 489 g/mol. The van der Waals surface area contributed by atoms with Crippen molar-refractivity contribution in [3.05, 3.63) is 64.7 Å². The Hall–Kier alpha value is -4.22. The van der Waals surface area contributed by atoms with Crippen LogP contribution in [0.3, 0.4) is 0 Å². The van der Waals surface area contributed by atoms with Gasteiger partial charge in [0, 0.05) is 18.5 Å². The maximum absolute atomic E-state index is 13.0. The molecule has 0 spiro atoms. The second kappa shape index (κ2) is 9.20. The molecule has 12 heteroatoms. The fourth-order valence-corrected chi connectivity index (χ4v) is 3.79. The topological polar surface area (TPSA) is 122 Å². The zero-order valence-electron chi connectivity index (χ0n) is 18.0. The highest BCUT2D eigenvalue weighted by Gasteiger charge is 2.44. The van der Waals surface area contributed by atoms with Gasteiger partial charge in [-0.2, -0.15) is 8.78 Å². The molecule has 0 radical (unpaired) electrons. The van der Waals surface area contributed by atoms with Gasteiger partial charge in [-0.15, -0.1) is 0 Å². The van der Waals surface area contributed by atoms with Crippen LogP contribution < -0.4 is 15.4 Å². The van der Waals surface area contributed by atoms with Gasteiger partial charge in [0.1, 0.15) is 11.8 Å². The summed E-state index contributed by atoms with van der Waals surface area (Å²) in [7, 11) is 0. The van der Waals surface area contributed by atoms with Crippen molar-refractivity contribution in [2.75, 3.05) is 6.67 Å². The van der Waals surface area contributed by atoms with Crippen molar-refractivity contribution in [3.63, 3.8) is 0 Å². The van der Waals surface area contributed by atoms with Crippen molar-refractivity contribution in [2.24, 2.45) is 0 Å². The number of ether oxygens (including phenoxy) is 1. The zero-order valence-corrected chi connectivity index (χ0v) is 18.0. The van der Waals surface area contributed by atoms with E-state index in [1.165, 1.54) is 30.3 Å². The summed E-state index contributed by atoms with van der Waals surface area (Å²) in [6.07, 6.45) is -3.93. The van der Waals surface area contributed by atoms with Crippen LogP contribution >= 0.6 is 0 Å². The maximum atomic E-state index is 13.0. The summed E-state index contributed by atoms with van der Waals surface area (Å²) in [4.78, 5) is 62.3. The molecule has 1 unspecified atom stereocenters. The molecule has 9 nitrogen and oxygen atoms in total. The summed E-state index contributed by atoms with van der Waals surface area (Å²) < 4.78 is 42.3. The molecule has 1 atom stereocenters. The van der Waals surface area contributed by atoms with Crippen molar-refractivity contribution in [2.45, 2.75) is 31.5 Å². The minimum Gasteiger partial charge on any atom is -0.431 e. The lowest BCUT2D eigenvalue weighted by Crippen LogP contribution is -2.54. The first-order valence-corrected chi connectivity index (χ1v) is 10.5. The molecule has 0 saturated carbocycles. The van der Waals surface area contributed by atoms with Gasteiger partial charge in [-0.05, 0) is 48.4 Å². The number of nitrogens with zero attached hydrogens (tertiary/aromatic N) is 1. The fourth-order valence-electron chi connectivity index (χ4n) is 3.79. The lowest BCUT2D eigenvalue weighted by Gasteiger charge is -2.27. The van der Waals surface area contributed by atoms with Gasteiger partial charge in [-0.25, -0.2) is 4.39 Å². The number of carbonyl (C=O) groups is 5. The molecule has 1 saturated heterocycles. The minimum absolute atomic E-state index is 0.00642. The molecule has 4 rings (SSSR count). The van der Waals surface area contributed by atoms with Gasteiger partial charge in [0.2, 0.25) is 11.8 Å². The lowest BCUT2D eigenvalue weighted by molar-refractivity contribution is -0.186. The first kappa shape index (κ1) is 23.9. The van der Waals surface area contributed by atoms with Crippen LogP contribution in [0.25, 0.3) is 0 Å². The van der Waals surface area contributed by atoms with E-state index in [1.807, 2.05) is 0 Å². The number of alkyl halides is 3. The number of carbonyl (C=O) groups excluding carboxylic acids is 5. The number of fused-ring (bicyclic) bond motifs is 1. The van der Waals surface area contributed by atoms with E-state index in [-0.39, 0.29) is 41.8 Å². The summed E-state index contributed by atoms with van der Waals surface area (Å²) in [6, 6.07) is 7.94. The molecule has 2 heterocycles. The smallest absolute Gasteiger partial charge is 0.427 e. The predicted octanol–water partition coefficient (Wildman–Crippen LogP) is 1.96. The molecule has 2 aliphatic heterocycles. The molecular formula is C23H18F3N3O6. The quantitative estimate of drug-likeness (QED) is 0.574. The summed E-state index contributed by atoms with van der Waals surface area (Å²) in [5.74, 6) is -3.37. The first-order valence-electron chi connectivity index (χ1n) is 10.5. The molecule has 2 N–H and O–H groups in total. The Kier molecular flexibility index (Phi) is 6.29. The SMILES string of the molecule is O=C1CCC(N2C(=O)c3ccc(CNC(=O)c4ccc(OC(F)(F)CF)cc4)cc3C2=O)C(=O)N1. The number of rotatable bonds is 7. The van der Waals surface area contributed by atoms with Crippen LogP contribution in [0.15, 0.2) is 42.5 Å². The Bertz CT molecular complexity index is 1230. The molecule has 35 heavy (non-hydrogen) atoms. The average Bonchev–Trinajstić information content (AvgIpc) is 3.07. The molecule has 1 fully saturated rings. The molecule has 0 bridgehead atoms. The molecule has 0 aromatic heterocycles. The number of nitrogens with one attached hydrogen (secondary N) is 2. The number of hydrogen-bond donors (Lipinski definition) is 2. The van der Waals surface area contributed by atoms with E-state index in [0.717, 1.165) is 17.0 Å². The third-order valence-corrected chi connectivity index (χ3v) is 5.50. The average molecular weight is 489 g/mol. The largest absolute Gasteiger partial charge is 0.431 e. The fraction of sp³-hybridized carbons (Fsp3) is 0.261. The van der Waals surface area contributed by atoms with Gasteiger partial charge in [-0.3, -0.25) is 34.2 Å². The van der Waals surface area contributed by atoms with Crippen molar-refractivity contribution >= 4 is 29.5 Å². The Morgan fingerprint density at radius 3 is 2.40 bits per heavy atom. The van der Waals surface area contributed by atoms with E-state index >= 15 is 0 Å². The molecule has 2 aromatic rings. The van der Waals surface area contributed by atoms with Gasteiger partial charge in [0.25, 0.3) is 17.7 Å². The summed E-state index contributed by atoms with van der Waals surface area (Å²) in [5, 5.41) is 4.72. The van der Waals surface area contributed by atoms with E-state index in [0.29, 0.717) is 5.56 Å².